The summed E-state index contributed by atoms with van der Waals surface area (Å²) >= 11 is 5.99. The molecule has 0 bridgehead atoms. The van der Waals surface area contributed by atoms with Crippen molar-refractivity contribution in [3.8, 4) is 0 Å². The predicted octanol–water partition coefficient (Wildman–Crippen LogP) is 2.46. The Hall–Kier alpha value is -1.96. The molecule has 5 nitrogen and oxygen atoms in total. The fraction of sp³-hybridized carbons (Fsp3) is 0.188. The second kappa shape index (κ2) is 7.74. The van der Waals surface area contributed by atoms with Gasteiger partial charge in [-0.05, 0) is 42.8 Å². The van der Waals surface area contributed by atoms with Gasteiger partial charge in [-0.3, -0.25) is 4.79 Å². The number of rotatable bonds is 6. The van der Waals surface area contributed by atoms with Crippen LogP contribution in [0.5, 0.6) is 0 Å². The molecule has 0 saturated heterocycles. The van der Waals surface area contributed by atoms with Gasteiger partial charge in [0.05, 0.1) is 10.9 Å². The molecule has 0 spiro atoms. The van der Waals surface area contributed by atoms with E-state index in [1.165, 1.54) is 6.92 Å². The Bertz CT molecular complexity index is 825. The molecule has 0 aliphatic rings. The number of halogens is 2. The zero-order chi connectivity index (χ0) is 17.7. The molecule has 0 aromatic heterocycles. The minimum Gasteiger partial charge on any atom is -0.351 e. The van der Waals surface area contributed by atoms with Gasteiger partial charge in [0.2, 0.25) is 15.9 Å². The molecule has 2 aromatic rings. The summed E-state index contributed by atoms with van der Waals surface area (Å²) in [6.07, 6.45) is 0. The molecule has 24 heavy (non-hydrogen) atoms. The van der Waals surface area contributed by atoms with Gasteiger partial charge in [0, 0.05) is 11.6 Å². The summed E-state index contributed by atoms with van der Waals surface area (Å²) in [7, 11) is -3.92. The molecule has 0 radical (unpaired) electrons. The highest BCUT2D eigenvalue weighted by atomic mass is 35.5. The third kappa shape index (κ3) is 4.77. The number of amides is 1. The smallest absolute Gasteiger partial charge is 0.241 e. The van der Waals surface area contributed by atoms with Crippen molar-refractivity contribution in [3.05, 3.63) is 64.9 Å². The third-order valence-corrected chi connectivity index (χ3v) is 5.19. The highest BCUT2D eigenvalue weighted by Gasteiger charge is 2.22. The Morgan fingerprint density at radius 1 is 1.17 bits per heavy atom. The zero-order valence-corrected chi connectivity index (χ0v) is 14.4. The van der Waals surface area contributed by atoms with E-state index in [9.17, 15) is 17.6 Å². The minimum absolute atomic E-state index is 0.116. The van der Waals surface area contributed by atoms with Crippen molar-refractivity contribution in [2.24, 2.45) is 0 Å². The molecule has 1 atom stereocenters. The Morgan fingerprint density at radius 3 is 2.42 bits per heavy atom. The van der Waals surface area contributed by atoms with Crippen molar-refractivity contribution < 1.29 is 17.6 Å². The molecule has 0 aliphatic heterocycles. The summed E-state index contributed by atoms with van der Waals surface area (Å²) in [6.45, 7) is 1.60. The molecule has 0 fully saturated rings. The van der Waals surface area contributed by atoms with Crippen LogP contribution in [0, 0.1) is 5.82 Å². The zero-order valence-electron chi connectivity index (χ0n) is 12.8. The molecule has 8 heteroatoms. The van der Waals surface area contributed by atoms with E-state index in [-0.39, 0.29) is 11.4 Å². The fourth-order valence-corrected chi connectivity index (χ4v) is 3.35. The van der Waals surface area contributed by atoms with Gasteiger partial charge in [0.15, 0.2) is 0 Å². The van der Waals surface area contributed by atoms with E-state index >= 15 is 0 Å². The number of carbonyl (C=O) groups excluding carboxylic acids is 1. The molecule has 2 N–H and O–H groups in total. The van der Waals surface area contributed by atoms with Crippen molar-refractivity contribution in [2.75, 3.05) is 0 Å². The van der Waals surface area contributed by atoms with Gasteiger partial charge < -0.3 is 5.32 Å². The molecule has 1 unspecified atom stereocenters. The van der Waals surface area contributed by atoms with Gasteiger partial charge in [0.1, 0.15) is 5.82 Å². The van der Waals surface area contributed by atoms with Crippen LogP contribution in [-0.4, -0.2) is 20.4 Å². The SMILES string of the molecule is CC(NS(=O)(=O)c1ccc(F)cc1)C(=O)NCc1ccccc1Cl. The lowest BCUT2D eigenvalue weighted by molar-refractivity contribution is -0.122. The molecular weight excluding hydrogens is 355 g/mol. The van der Waals surface area contributed by atoms with Crippen molar-refractivity contribution in [2.45, 2.75) is 24.4 Å². The van der Waals surface area contributed by atoms with Crippen molar-refractivity contribution >= 4 is 27.5 Å². The third-order valence-electron chi connectivity index (χ3n) is 3.26. The number of benzene rings is 2. The van der Waals surface area contributed by atoms with Gasteiger partial charge in [0.25, 0.3) is 0 Å². The van der Waals surface area contributed by atoms with E-state index < -0.39 is 27.8 Å². The predicted molar refractivity (Wildman–Crippen MR) is 89.5 cm³/mol. The van der Waals surface area contributed by atoms with Crippen LogP contribution in [0.1, 0.15) is 12.5 Å². The monoisotopic (exact) mass is 370 g/mol. The Kier molecular flexibility index (Phi) is 5.93. The van der Waals surface area contributed by atoms with Gasteiger partial charge in [-0.2, -0.15) is 4.72 Å². The average Bonchev–Trinajstić information content (AvgIpc) is 2.53. The molecule has 0 aliphatic carbocycles. The first-order chi connectivity index (χ1) is 11.3. The van der Waals surface area contributed by atoms with E-state index in [2.05, 4.69) is 10.0 Å². The summed E-state index contributed by atoms with van der Waals surface area (Å²) in [6, 6.07) is 10.4. The maximum atomic E-state index is 12.9. The first kappa shape index (κ1) is 18.4. The number of sulfonamides is 1. The summed E-state index contributed by atoms with van der Waals surface area (Å²) in [4.78, 5) is 11.9. The van der Waals surface area contributed by atoms with Gasteiger partial charge in [-0.1, -0.05) is 29.8 Å². The van der Waals surface area contributed by atoms with Crippen molar-refractivity contribution in [1.29, 1.82) is 0 Å². The number of carbonyl (C=O) groups is 1. The Balaban J connectivity index is 1.98. The molecule has 2 rings (SSSR count). The lowest BCUT2D eigenvalue weighted by atomic mass is 10.2. The molecular formula is C16H16ClFN2O3S. The number of hydrogen-bond donors (Lipinski definition) is 2. The number of hydrogen-bond acceptors (Lipinski definition) is 3. The van der Waals surface area contributed by atoms with Crippen LogP contribution in [0.4, 0.5) is 4.39 Å². The lowest BCUT2D eigenvalue weighted by Gasteiger charge is -2.15. The summed E-state index contributed by atoms with van der Waals surface area (Å²) in [5.41, 5.74) is 0.723. The van der Waals surface area contributed by atoms with Crippen LogP contribution in [-0.2, 0) is 21.4 Å². The van der Waals surface area contributed by atoms with Crippen LogP contribution in [0.15, 0.2) is 53.4 Å². The van der Waals surface area contributed by atoms with Crippen LogP contribution >= 0.6 is 11.6 Å². The molecule has 0 heterocycles. The maximum Gasteiger partial charge on any atom is 0.241 e. The van der Waals surface area contributed by atoms with Gasteiger partial charge in [-0.15, -0.1) is 0 Å². The highest BCUT2D eigenvalue weighted by molar-refractivity contribution is 7.89. The maximum absolute atomic E-state index is 12.9. The Morgan fingerprint density at radius 2 is 1.79 bits per heavy atom. The van der Waals surface area contributed by atoms with E-state index in [1.807, 2.05) is 0 Å². The largest absolute Gasteiger partial charge is 0.351 e. The van der Waals surface area contributed by atoms with E-state index in [4.69, 9.17) is 11.6 Å². The van der Waals surface area contributed by atoms with Crippen LogP contribution < -0.4 is 10.0 Å². The standard InChI is InChI=1S/C16H16ClFN2O3S/c1-11(16(21)19-10-12-4-2-3-5-15(12)17)20-24(22,23)14-8-6-13(18)7-9-14/h2-9,11,20H,10H2,1H3,(H,19,21). The molecule has 128 valence electrons. The topological polar surface area (TPSA) is 75.3 Å². The summed E-state index contributed by atoms with van der Waals surface area (Å²) < 4.78 is 39.4. The normalized spacial score (nSPS) is 12.6. The van der Waals surface area contributed by atoms with E-state index in [1.54, 1.807) is 24.3 Å². The molecule has 0 saturated carbocycles. The second-order valence-corrected chi connectivity index (χ2v) is 7.23. The molecule has 2 aromatic carbocycles. The average molecular weight is 371 g/mol. The Labute approximate surface area is 144 Å². The van der Waals surface area contributed by atoms with Crippen LogP contribution in [0.3, 0.4) is 0 Å². The quantitative estimate of drug-likeness (QED) is 0.820. The van der Waals surface area contributed by atoms with Crippen LogP contribution in [0.25, 0.3) is 0 Å². The summed E-state index contributed by atoms with van der Waals surface area (Å²) in [5, 5.41) is 3.12. The first-order valence-electron chi connectivity index (χ1n) is 7.08. The van der Waals surface area contributed by atoms with Gasteiger partial charge >= 0.3 is 0 Å². The van der Waals surface area contributed by atoms with E-state index in [0.29, 0.717) is 5.02 Å². The van der Waals surface area contributed by atoms with Crippen LogP contribution in [0.2, 0.25) is 5.02 Å². The first-order valence-corrected chi connectivity index (χ1v) is 8.95. The minimum atomic E-state index is -3.92. The fourth-order valence-electron chi connectivity index (χ4n) is 1.95. The lowest BCUT2D eigenvalue weighted by Crippen LogP contribution is -2.44. The van der Waals surface area contributed by atoms with Crippen molar-refractivity contribution in [3.63, 3.8) is 0 Å². The second-order valence-electron chi connectivity index (χ2n) is 5.11. The molecule has 1 amide bonds. The van der Waals surface area contributed by atoms with E-state index in [0.717, 1.165) is 29.8 Å². The summed E-state index contributed by atoms with van der Waals surface area (Å²) in [5.74, 6) is -1.04. The van der Waals surface area contributed by atoms with Gasteiger partial charge in [-0.25, -0.2) is 12.8 Å². The number of nitrogens with one attached hydrogen (secondary N) is 2. The van der Waals surface area contributed by atoms with Crippen molar-refractivity contribution in [1.82, 2.24) is 10.0 Å². The highest BCUT2D eigenvalue weighted by Crippen LogP contribution is 2.14.